The summed E-state index contributed by atoms with van der Waals surface area (Å²) >= 11 is 0. The van der Waals surface area contributed by atoms with Gasteiger partial charge in [-0.15, -0.1) is 0 Å². The van der Waals surface area contributed by atoms with Crippen molar-refractivity contribution in [3.05, 3.63) is 41.5 Å². The van der Waals surface area contributed by atoms with Gasteiger partial charge < -0.3 is 10.4 Å². The summed E-state index contributed by atoms with van der Waals surface area (Å²) in [6, 6.07) is 3.41. The van der Waals surface area contributed by atoms with Gasteiger partial charge in [0.05, 0.1) is 11.4 Å². The summed E-state index contributed by atoms with van der Waals surface area (Å²) in [4.78, 5) is 14.9. The van der Waals surface area contributed by atoms with Gasteiger partial charge in [-0.25, -0.2) is 9.78 Å². The summed E-state index contributed by atoms with van der Waals surface area (Å²) in [6.07, 6.45) is 4.25. The molecule has 6 heteroatoms. The zero-order chi connectivity index (χ0) is 13.8. The second-order valence-electron chi connectivity index (χ2n) is 4.19. The van der Waals surface area contributed by atoms with E-state index >= 15 is 0 Å². The molecule has 100 valence electrons. The SMILES string of the molecule is CCc1nn(C)cc1CNc1cccnc1C(=O)O. The molecule has 2 aromatic heterocycles. The average Bonchev–Trinajstić information content (AvgIpc) is 2.77. The lowest BCUT2D eigenvalue weighted by atomic mass is 10.2. The number of aromatic nitrogens is 3. The Morgan fingerprint density at radius 1 is 1.53 bits per heavy atom. The Bertz CT molecular complexity index is 592. The Labute approximate surface area is 111 Å². The van der Waals surface area contributed by atoms with E-state index in [-0.39, 0.29) is 5.69 Å². The second-order valence-corrected chi connectivity index (χ2v) is 4.19. The third-order valence-corrected chi connectivity index (χ3v) is 2.81. The fraction of sp³-hybridized carbons (Fsp3) is 0.308. The van der Waals surface area contributed by atoms with E-state index in [4.69, 9.17) is 5.11 Å². The Kier molecular flexibility index (Phi) is 3.79. The van der Waals surface area contributed by atoms with E-state index in [2.05, 4.69) is 15.4 Å². The first-order valence-corrected chi connectivity index (χ1v) is 6.05. The van der Waals surface area contributed by atoms with Crippen molar-refractivity contribution >= 4 is 11.7 Å². The van der Waals surface area contributed by atoms with Gasteiger partial charge in [-0.05, 0) is 18.6 Å². The molecule has 0 saturated heterocycles. The summed E-state index contributed by atoms with van der Waals surface area (Å²) in [5, 5.41) is 16.5. The Morgan fingerprint density at radius 2 is 2.32 bits per heavy atom. The molecule has 0 aliphatic carbocycles. The van der Waals surface area contributed by atoms with Crippen LogP contribution in [0.15, 0.2) is 24.5 Å². The number of nitrogens with one attached hydrogen (secondary N) is 1. The van der Waals surface area contributed by atoms with Crippen LogP contribution in [-0.4, -0.2) is 25.8 Å². The molecule has 0 aliphatic rings. The molecule has 2 N–H and O–H groups in total. The fourth-order valence-corrected chi connectivity index (χ4v) is 1.94. The number of nitrogens with zero attached hydrogens (tertiary/aromatic N) is 3. The van der Waals surface area contributed by atoms with Crippen LogP contribution >= 0.6 is 0 Å². The van der Waals surface area contributed by atoms with Gasteiger partial charge in [0, 0.05) is 31.5 Å². The maximum atomic E-state index is 11.0. The number of pyridine rings is 1. The van der Waals surface area contributed by atoms with Crippen molar-refractivity contribution in [3.8, 4) is 0 Å². The van der Waals surface area contributed by atoms with Gasteiger partial charge in [-0.1, -0.05) is 6.92 Å². The molecule has 0 aliphatic heterocycles. The lowest BCUT2D eigenvalue weighted by Gasteiger charge is -2.08. The topological polar surface area (TPSA) is 80.0 Å². The van der Waals surface area contributed by atoms with E-state index in [0.717, 1.165) is 17.7 Å². The molecular formula is C13H16N4O2. The molecule has 0 aromatic carbocycles. The molecule has 0 amide bonds. The number of aryl methyl sites for hydroxylation is 2. The van der Waals surface area contributed by atoms with E-state index in [0.29, 0.717) is 12.2 Å². The number of anilines is 1. The van der Waals surface area contributed by atoms with Crippen LogP contribution in [0.1, 0.15) is 28.7 Å². The second kappa shape index (κ2) is 5.51. The largest absolute Gasteiger partial charge is 0.476 e. The van der Waals surface area contributed by atoms with Crippen LogP contribution in [0.2, 0.25) is 0 Å². The van der Waals surface area contributed by atoms with Crippen LogP contribution in [0.4, 0.5) is 5.69 Å². The smallest absolute Gasteiger partial charge is 0.356 e. The highest BCUT2D eigenvalue weighted by Crippen LogP contribution is 2.15. The lowest BCUT2D eigenvalue weighted by Crippen LogP contribution is -2.08. The van der Waals surface area contributed by atoms with E-state index < -0.39 is 5.97 Å². The van der Waals surface area contributed by atoms with Gasteiger partial charge in [0.1, 0.15) is 0 Å². The van der Waals surface area contributed by atoms with Crippen molar-refractivity contribution in [3.63, 3.8) is 0 Å². The molecule has 2 heterocycles. The predicted octanol–water partition coefficient (Wildman–Crippen LogP) is 1.69. The number of hydrogen-bond donors (Lipinski definition) is 2. The predicted molar refractivity (Wildman–Crippen MR) is 71.1 cm³/mol. The van der Waals surface area contributed by atoms with Crippen molar-refractivity contribution in [1.29, 1.82) is 0 Å². The summed E-state index contributed by atoms with van der Waals surface area (Å²) in [5.74, 6) is -1.04. The molecule has 0 saturated carbocycles. The molecule has 0 fully saturated rings. The maximum absolute atomic E-state index is 11.0. The molecule has 0 atom stereocenters. The molecule has 6 nitrogen and oxygen atoms in total. The molecule has 0 bridgehead atoms. The van der Waals surface area contributed by atoms with Crippen LogP contribution in [0.25, 0.3) is 0 Å². The standard InChI is InChI=1S/C13H16N4O2/c1-3-10-9(8-17(2)16-10)7-15-11-5-4-6-14-12(11)13(18)19/h4-6,8,15H,3,7H2,1-2H3,(H,18,19). The lowest BCUT2D eigenvalue weighted by molar-refractivity contribution is 0.0691. The van der Waals surface area contributed by atoms with Crippen molar-refractivity contribution in [2.45, 2.75) is 19.9 Å². The maximum Gasteiger partial charge on any atom is 0.356 e. The normalized spacial score (nSPS) is 10.4. The molecule has 0 radical (unpaired) electrons. The Hall–Kier alpha value is -2.37. The van der Waals surface area contributed by atoms with Gasteiger partial charge in [0.25, 0.3) is 0 Å². The summed E-state index contributed by atoms with van der Waals surface area (Å²) in [7, 11) is 1.87. The van der Waals surface area contributed by atoms with Crippen molar-refractivity contribution in [2.75, 3.05) is 5.32 Å². The quantitative estimate of drug-likeness (QED) is 0.855. The van der Waals surface area contributed by atoms with Crippen LogP contribution in [0.3, 0.4) is 0 Å². The number of carbonyl (C=O) groups is 1. The number of hydrogen-bond acceptors (Lipinski definition) is 4. The van der Waals surface area contributed by atoms with Crippen molar-refractivity contribution < 1.29 is 9.90 Å². The minimum atomic E-state index is -1.04. The number of aromatic carboxylic acids is 1. The summed E-state index contributed by atoms with van der Waals surface area (Å²) < 4.78 is 1.76. The van der Waals surface area contributed by atoms with Crippen LogP contribution in [-0.2, 0) is 20.0 Å². The number of carboxylic acid groups (broad SMARTS) is 1. The van der Waals surface area contributed by atoms with E-state index in [1.807, 2.05) is 20.2 Å². The van der Waals surface area contributed by atoms with E-state index in [1.165, 1.54) is 6.20 Å². The summed E-state index contributed by atoms with van der Waals surface area (Å²) in [6.45, 7) is 2.57. The third-order valence-electron chi connectivity index (χ3n) is 2.81. The zero-order valence-corrected chi connectivity index (χ0v) is 10.9. The third kappa shape index (κ3) is 2.90. The minimum absolute atomic E-state index is 0.0319. The fourth-order valence-electron chi connectivity index (χ4n) is 1.94. The van der Waals surface area contributed by atoms with E-state index in [1.54, 1.807) is 16.8 Å². The van der Waals surface area contributed by atoms with Gasteiger partial charge in [-0.3, -0.25) is 4.68 Å². The molecular weight excluding hydrogens is 244 g/mol. The molecule has 2 aromatic rings. The van der Waals surface area contributed by atoms with Crippen LogP contribution < -0.4 is 5.32 Å². The Morgan fingerprint density at radius 3 is 3.00 bits per heavy atom. The van der Waals surface area contributed by atoms with Gasteiger partial charge >= 0.3 is 5.97 Å². The molecule has 0 unspecified atom stereocenters. The highest BCUT2D eigenvalue weighted by molar-refractivity contribution is 5.91. The van der Waals surface area contributed by atoms with Crippen LogP contribution in [0, 0.1) is 0 Å². The first kappa shape index (κ1) is 13.1. The van der Waals surface area contributed by atoms with Crippen molar-refractivity contribution in [2.24, 2.45) is 7.05 Å². The Balaban J connectivity index is 2.16. The van der Waals surface area contributed by atoms with E-state index in [9.17, 15) is 4.79 Å². The molecule has 0 spiro atoms. The highest BCUT2D eigenvalue weighted by atomic mass is 16.4. The summed E-state index contributed by atoms with van der Waals surface area (Å²) in [5.41, 5.74) is 2.62. The average molecular weight is 260 g/mol. The monoisotopic (exact) mass is 260 g/mol. The zero-order valence-electron chi connectivity index (χ0n) is 10.9. The minimum Gasteiger partial charge on any atom is -0.476 e. The first-order chi connectivity index (χ1) is 9.11. The molecule has 19 heavy (non-hydrogen) atoms. The van der Waals surface area contributed by atoms with Gasteiger partial charge in [0.15, 0.2) is 5.69 Å². The number of rotatable bonds is 5. The van der Waals surface area contributed by atoms with Gasteiger partial charge in [-0.2, -0.15) is 5.10 Å². The first-order valence-electron chi connectivity index (χ1n) is 6.05. The number of carboxylic acids is 1. The van der Waals surface area contributed by atoms with Crippen LogP contribution in [0.5, 0.6) is 0 Å². The van der Waals surface area contributed by atoms with Gasteiger partial charge in [0.2, 0.25) is 0 Å². The highest BCUT2D eigenvalue weighted by Gasteiger charge is 2.12. The molecule has 2 rings (SSSR count). The van der Waals surface area contributed by atoms with Crippen molar-refractivity contribution in [1.82, 2.24) is 14.8 Å².